The molecule has 0 aromatic rings. The number of halogens is 2. The summed E-state index contributed by atoms with van der Waals surface area (Å²) in [5, 5.41) is 0. The number of alkyl halides is 1. The molecule has 0 nitrogen and oxygen atoms in total. The summed E-state index contributed by atoms with van der Waals surface area (Å²) >= 11 is 5.48. The van der Waals surface area contributed by atoms with Crippen LogP contribution >= 0.6 is 11.6 Å². The first-order valence-electron chi connectivity index (χ1n) is 3.93. The van der Waals surface area contributed by atoms with Gasteiger partial charge in [0.2, 0.25) is 8.41 Å². The fourth-order valence-corrected chi connectivity index (χ4v) is 3.36. The van der Waals surface area contributed by atoms with Crippen molar-refractivity contribution in [3.63, 3.8) is 0 Å². The Bertz CT molecular complexity index is 83.7. The third kappa shape index (κ3) is 3.57. The van der Waals surface area contributed by atoms with Crippen LogP contribution in [0.15, 0.2) is 0 Å². The van der Waals surface area contributed by atoms with Crippen LogP contribution in [0.25, 0.3) is 0 Å². The van der Waals surface area contributed by atoms with Crippen LogP contribution in [0, 0.1) is 0 Å². The molecule has 0 saturated heterocycles. The third-order valence-electron chi connectivity index (χ3n) is 2.03. The molecule has 0 atom stereocenters. The van der Waals surface area contributed by atoms with Crippen LogP contribution in [0.4, 0.5) is 4.11 Å². The van der Waals surface area contributed by atoms with Crippen molar-refractivity contribution in [2.45, 2.75) is 38.4 Å². The van der Waals surface area contributed by atoms with E-state index in [1.807, 2.05) is 13.8 Å². The number of hydrogen-bond donors (Lipinski definition) is 0. The summed E-state index contributed by atoms with van der Waals surface area (Å²) in [6.45, 7) is 3.90. The molecule has 0 fully saturated rings. The molecule has 0 N–H and O–H groups in total. The average molecular weight is 183 g/mol. The van der Waals surface area contributed by atoms with Gasteiger partial charge in [-0.15, -0.1) is 11.6 Å². The fourth-order valence-electron chi connectivity index (χ4n) is 0.987. The Morgan fingerprint density at radius 1 is 1.30 bits per heavy atom. The molecule has 0 unspecified atom stereocenters. The first kappa shape index (κ1) is 10.4. The minimum atomic E-state index is -2.30. The highest BCUT2D eigenvalue weighted by Gasteiger charge is 2.28. The Balaban J connectivity index is 3.58. The van der Waals surface area contributed by atoms with Crippen LogP contribution < -0.4 is 0 Å². The molecule has 0 aromatic heterocycles. The Morgan fingerprint density at radius 3 is 2.10 bits per heavy atom. The molecule has 0 heterocycles. The van der Waals surface area contributed by atoms with Gasteiger partial charge in [0.05, 0.1) is 0 Å². The molecule has 0 spiro atoms. The van der Waals surface area contributed by atoms with E-state index >= 15 is 0 Å². The molecule has 0 aromatic carbocycles. The summed E-state index contributed by atoms with van der Waals surface area (Å²) in [6.07, 6.45) is 0.853. The molecule has 10 heavy (non-hydrogen) atoms. The van der Waals surface area contributed by atoms with Crippen molar-refractivity contribution in [2.75, 3.05) is 5.88 Å². The van der Waals surface area contributed by atoms with Gasteiger partial charge in [-0.3, -0.25) is 0 Å². The van der Waals surface area contributed by atoms with Gasteiger partial charge in [-0.1, -0.05) is 13.8 Å². The van der Waals surface area contributed by atoms with E-state index in [0.717, 1.165) is 24.6 Å². The molecule has 0 aliphatic rings. The van der Waals surface area contributed by atoms with Crippen molar-refractivity contribution < 1.29 is 4.11 Å². The van der Waals surface area contributed by atoms with E-state index in [2.05, 4.69) is 0 Å². The smallest absolute Gasteiger partial charge is 0.246 e. The van der Waals surface area contributed by atoms with Gasteiger partial charge < -0.3 is 4.11 Å². The van der Waals surface area contributed by atoms with Crippen molar-refractivity contribution in [3.8, 4) is 0 Å². The highest BCUT2D eigenvalue weighted by atomic mass is 35.5. The highest BCUT2D eigenvalue weighted by molar-refractivity contribution is 6.73. The molecule has 0 aliphatic heterocycles. The van der Waals surface area contributed by atoms with Crippen molar-refractivity contribution in [2.24, 2.45) is 0 Å². The lowest BCUT2D eigenvalue weighted by atomic mass is 10.6. The standard InChI is InChI=1S/C7H16ClFSi/c1-3-10(9,4-2)7-5-6-8/h3-7H2,1-2H3. The van der Waals surface area contributed by atoms with Gasteiger partial charge in [-0.05, 0) is 24.6 Å². The molecule has 0 amide bonds. The predicted octanol–water partition coefficient (Wildman–Crippen LogP) is 3.57. The van der Waals surface area contributed by atoms with E-state index in [1.54, 1.807) is 0 Å². The van der Waals surface area contributed by atoms with E-state index in [4.69, 9.17) is 11.6 Å². The van der Waals surface area contributed by atoms with Gasteiger partial charge in [0.15, 0.2) is 0 Å². The van der Waals surface area contributed by atoms with Crippen molar-refractivity contribution >= 4 is 20.0 Å². The lowest BCUT2D eigenvalue weighted by molar-refractivity contribution is 0.738. The van der Waals surface area contributed by atoms with Crippen LogP contribution in [0.2, 0.25) is 18.1 Å². The summed E-state index contributed by atoms with van der Waals surface area (Å²) in [5.41, 5.74) is 0. The largest absolute Gasteiger partial charge is 0.314 e. The van der Waals surface area contributed by atoms with Crippen LogP contribution in [0.3, 0.4) is 0 Å². The second kappa shape index (κ2) is 5.14. The molecule has 0 radical (unpaired) electrons. The van der Waals surface area contributed by atoms with E-state index < -0.39 is 8.41 Å². The van der Waals surface area contributed by atoms with Gasteiger partial charge in [0.25, 0.3) is 0 Å². The van der Waals surface area contributed by atoms with Gasteiger partial charge in [-0.2, -0.15) is 0 Å². The number of hydrogen-bond acceptors (Lipinski definition) is 0. The van der Waals surface area contributed by atoms with Gasteiger partial charge in [-0.25, -0.2) is 0 Å². The van der Waals surface area contributed by atoms with Gasteiger partial charge >= 0.3 is 0 Å². The van der Waals surface area contributed by atoms with Crippen molar-refractivity contribution in [1.29, 1.82) is 0 Å². The molecule has 0 aliphatic carbocycles. The molecule has 62 valence electrons. The van der Waals surface area contributed by atoms with E-state index in [9.17, 15) is 4.11 Å². The zero-order chi connectivity index (χ0) is 8.04. The van der Waals surface area contributed by atoms with Crippen LogP contribution in [-0.4, -0.2) is 14.3 Å². The Hall–Kier alpha value is 0.437. The van der Waals surface area contributed by atoms with Gasteiger partial charge in [0.1, 0.15) is 0 Å². The zero-order valence-corrected chi connectivity index (χ0v) is 8.55. The second-order valence-electron chi connectivity index (χ2n) is 2.65. The molecule has 0 rings (SSSR count). The zero-order valence-electron chi connectivity index (χ0n) is 6.79. The topological polar surface area (TPSA) is 0 Å². The summed E-state index contributed by atoms with van der Waals surface area (Å²) in [7, 11) is -2.30. The summed E-state index contributed by atoms with van der Waals surface area (Å²) in [5.74, 6) is 0.610. The normalized spacial score (nSPS) is 12.0. The molecule has 0 saturated carbocycles. The molecular weight excluding hydrogens is 167 g/mol. The fraction of sp³-hybridized carbons (Fsp3) is 1.00. The maximum atomic E-state index is 13.5. The number of rotatable bonds is 5. The Kier molecular flexibility index (Phi) is 5.36. The Morgan fingerprint density at radius 2 is 1.80 bits per heavy atom. The minimum Gasteiger partial charge on any atom is -0.314 e. The SMILES string of the molecule is CC[Si](F)(CC)CCCCl. The quantitative estimate of drug-likeness (QED) is 0.347. The maximum absolute atomic E-state index is 13.5. The minimum absolute atomic E-state index is 0.610. The third-order valence-corrected chi connectivity index (χ3v) is 6.08. The van der Waals surface area contributed by atoms with Crippen LogP contribution in [0.5, 0.6) is 0 Å². The van der Waals surface area contributed by atoms with Crippen LogP contribution in [-0.2, 0) is 0 Å². The van der Waals surface area contributed by atoms with Crippen LogP contribution in [0.1, 0.15) is 20.3 Å². The van der Waals surface area contributed by atoms with E-state index in [1.165, 1.54) is 0 Å². The monoisotopic (exact) mass is 182 g/mol. The molecule has 0 bridgehead atoms. The van der Waals surface area contributed by atoms with Crippen molar-refractivity contribution in [1.82, 2.24) is 0 Å². The van der Waals surface area contributed by atoms with Crippen molar-refractivity contribution in [3.05, 3.63) is 0 Å². The first-order chi connectivity index (χ1) is 4.68. The predicted molar refractivity (Wildman–Crippen MR) is 48.0 cm³/mol. The molecular formula is C7H16ClFSi. The lowest BCUT2D eigenvalue weighted by Gasteiger charge is -2.17. The second-order valence-corrected chi connectivity index (χ2v) is 7.24. The molecule has 3 heteroatoms. The van der Waals surface area contributed by atoms with E-state index in [-0.39, 0.29) is 0 Å². The summed E-state index contributed by atoms with van der Waals surface area (Å²) in [4.78, 5) is 0. The highest BCUT2D eigenvalue weighted by Crippen LogP contribution is 2.23. The average Bonchev–Trinajstić information content (AvgIpc) is 2.00. The van der Waals surface area contributed by atoms with Gasteiger partial charge in [0, 0.05) is 5.88 Å². The first-order valence-corrected chi connectivity index (χ1v) is 6.96. The lowest BCUT2D eigenvalue weighted by Crippen LogP contribution is -2.25. The Labute approximate surface area is 69.0 Å². The van der Waals surface area contributed by atoms with E-state index in [0.29, 0.717) is 5.88 Å². The maximum Gasteiger partial charge on any atom is 0.246 e. The summed E-state index contributed by atoms with van der Waals surface area (Å²) < 4.78 is 13.5. The summed E-state index contributed by atoms with van der Waals surface area (Å²) in [6, 6.07) is 2.25.